The van der Waals surface area contributed by atoms with Crippen molar-refractivity contribution in [1.29, 1.82) is 0 Å². The van der Waals surface area contributed by atoms with Crippen LogP contribution in [0.15, 0.2) is 59.5 Å². The Labute approximate surface area is 164 Å². The Morgan fingerprint density at radius 2 is 1.93 bits per heavy atom. The van der Waals surface area contributed by atoms with Gasteiger partial charge in [-0.1, -0.05) is 24.3 Å². The average molecular weight is 396 g/mol. The van der Waals surface area contributed by atoms with Gasteiger partial charge in [-0.3, -0.25) is 9.59 Å². The van der Waals surface area contributed by atoms with E-state index in [-0.39, 0.29) is 11.7 Å². The molecule has 0 aliphatic carbocycles. The van der Waals surface area contributed by atoms with Crippen LogP contribution in [0, 0.1) is 0 Å². The number of nitrogens with one attached hydrogen (secondary N) is 1. The van der Waals surface area contributed by atoms with Crippen LogP contribution in [0.1, 0.15) is 15.2 Å². The third-order valence-electron chi connectivity index (χ3n) is 4.05. The van der Waals surface area contributed by atoms with Gasteiger partial charge in [0.1, 0.15) is 12.4 Å². The van der Waals surface area contributed by atoms with E-state index in [0.29, 0.717) is 17.2 Å². The highest BCUT2D eigenvalue weighted by atomic mass is 32.2. The van der Waals surface area contributed by atoms with Gasteiger partial charge in [-0.2, -0.15) is 0 Å². The molecule has 3 aromatic rings. The number of hydrogen-bond acceptors (Lipinski definition) is 5. The third-order valence-corrected chi connectivity index (χ3v) is 6.36. The van der Waals surface area contributed by atoms with Crippen LogP contribution in [0.4, 0.5) is 5.69 Å². The summed E-state index contributed by atoms with van der Waals surface area (Å²) in [6, 6.07) is 17.1. The zero-order valence-electron chi connectivity index (χ0n) is 14.2. The molecule has 2 heterocycles. The lowest BCUT2D eigenvalue weighted by atomic mass is 10.1. The summed E-state index contributed by atoms with van der Waals surface area (Å²) in [7, 11) is 0. The van der Waals surface area contributed by atoms with E-state index in [1.54, 1.807) is 0 Å². The van der Waals surface area contributed by atoms with Crippen LogP contribution in [0.5, 0.6) is 5.75 Å². The molecule has 7 heteroatoms. The summed E-state index contributed by atoms with van der Waals surface area (Å²) in [4.78, 5) is 26.3. The van der Waals surface area contributed by atoms with Crippen molar-refractivity contribution in [3.8, 4) is 16.2 Å². The van der Waals surface area contributed by atoms with E-state index in [0.717, 1.165) is 26.6 Å². The second-order valence-electron chi connectivity index (χ2n) is 5.96. The number of thiophene rings is 1. The lowest BCUT2D eigenvalue weighted by Gasteiger charge is -2.16. The Morgan fingerprint density at radius 3 is 2.78 bits per heavy atom. The normalized spacial score (nSPS) is 11.9. The predicted molar refractivity (Wildman–Crippen MR) is 108 cm³/mol. The molecule has 0 saturated carbocycles. The number of hydrogen-bond donors (Lipinski definition) is 2. The Balaban J connectivity index is 1.58. The molecule has 2 amide bonds. The molecular formula is C20H16N2O3S2. The number of amides is 2. The van der Waals surface area contributed by atoms with Gasteiger partial charge in [0.2, 0.25) is 5.91 Å². The lowest BCUT2D eigenvalue weighted by molar-refractivity contribution is -0.115. The summed E-state index contributed by atoms with van der Waals surface area (Å²) >= 11 is 2.76. The van der Waals surface area contributed by atoms with Crippen molar-refractivity contribution < 1.29 is 14.3 Å². The molecule has 0 bridgehead atoms. The Hall–Kier alpha value is -2.77. The lowest BCUT2D eigenvalue weighted by Crippen LogP contribution is -2.14. The highest BCUT2D eigenvalue weighted by Crippen LogP contribution is 2.42. The first-order valence-electron chi connectivity index (χ1n) is 8.28. The van der Waals surface area contributed by atoms with Crippen LogP contribution in [0.3, 0.4) is 0 Å². The maximum atomic E-state index is 12.8. The van der Waals surface area contributed by atoms with Gasteiger partial charge in [0.15, 0.2) is 0 Å². The van der Waals surface area contributed by atoms with Crippen molar-refractivity contribution in [2.45, 2.75) is 11.5 Å². The predicted octanol–water partition coefficient (Wildman–Crippen LogP) is 4.14. The Kier molecular flexibility index (Phi) is 4.87. The molecule has 0 atom stereocenters. The van der Waals surface area contributed by atoms with Gasteiger partial charge < -0.3 is 15.8 Å². The zero-order chi connectivity index (χ0) is 18.8. The SMILES string of the molecule is NC(=O)CSc1ccccc1NC(=O)c1cc2c(s1)-c1ccccc1OC2. The first-order valence-corrected chi connectivity index (χ1v) is 10.1. The topological polar surface area (TPSA) is 81.4 Å². The second kappa shape index (κ2) is 7.46. The van der Waals surface area contributed by atoms with Crippen LogP contribution in [-0.4, -0.2) is 17.6 Å². The Bertz CT molecular complexity index is 1030. The number of ether oxygens (including phenoxy) is 1. The number of anilines is 1. The molecule has 0 radical (unpaired) electrons. The summed E-state index contributed by atoms with van der Waals surface area (Å²) in [6.45, 7) is 0.460. The first kappa shape index (κ1) is 17.6. The monoisotopic (exact) mass is 396 g/mol. The molecule has 0 fully saturated rings. The average Bonchev–Trinajstić information content (AvgIpc) is 3.12. The van der Waals surface area contributed by atoms with E-state index >= 15 is 0 Å². The minimum Gasteiger partial charge on any atom is -0.488 e. The zero-order valence-corrected chi connectivity index (χ0v) is 15.9. The molecule has 1 aliphatic heterocycles. The molecule has 0 spiro atoms. The quantitative estimate of drug-likeness (QED) is 0.635. The van der Waals surface area contributed by atoms with Crippen LogP contribution >= 0.6 is 23.1 Å². The molecule has 0 saturated heterocycles. The van der Waals surface area contributed by atoms with Gasteiger partial charge in [-0.15, -0.1) is 23.1 Å². The van der Waals surface area contributed by atoms with E-state index in [4.69, 9.17) is 10.5 Å². The van der Waals surface area contributed by atoms with Gasteiger partial charge >= 0.3 is 0 Å². The first-order chi connectivity index (χ1) is 13.1. The minimum absolute atomic E-state index is 0.161. The van der Waals surface area contributed by atoms with Crippen LogP contribution in [0.25, 0.3) is 10.4 Å². The maximum Gasteiger partial charge on any atom is 0.265 e. The van der Waals surface area contributed by atoms with Crippen LogP contribution < -0.4 is 15.8 Å². The van der Waals surface area contributed by atoms with Gasteiger partial charge in [0.05, 0.1) is 16.3 Å². The summed E-state index contributed by atoms with van der Waals surface area (Å²) < 4.78 is 5.76. The summed E-state index contributed by atoms with van der Waals surface area (Å²) in [5.74, 6) is 0.422. The molecule has 3 N–H and O–H groups in total. The van der Waals surface area contributed by atoms with E-state index in [2.05, 4.69) is 5.32 Å². The van der Waals surface area contributed by atoms with Gasteiger partial charge in [-0.05, 0) is 30.3 Å². The number of nitrogens with two attached hydrogens (primary N) is 1. The Morgan fingerprint density at radius 1 is 1.15 bits per heavy atom. The molecule has 0 unspecified atom stereocenters. The summed E-state index contributed by atoms with van der Waals surface area (Å²) in [6.07, 6.45) is 0. The number of para-hydroxylation sites is 2. The van der Waals surface area contributed by atoms with Crippen LogP contribution in [0.2, 0.25) is 0 Å². The van der Waals surface area contributed by atoms with Crippen LogP contribution in [-0.2, 0) is 11.4 Å². The van der Waals surface area contributed by atoms with Gasteiger partial charge in [0, 0.05) is 20.9 Å². The molecule has 27 heavy (non-hydrogen) atoms. The largest absolute Gasteiger partial charge is 0.488 e. The maximum absolute atomic E-state index is 12.8. The molecule has 4 rings (SSSR count). The standard InChI is InChI=1S/C20H16N2O3S2/c21-18(23)11-26-16-8-4-2-6-14(16)22-20(24)17-9-12-10-25-15-7-3-1-5-13(15)19(12)27-17/h1-9H,10-11H2,(H2,21,23)(H,22,24). The molecule has 1 aromatic heterocycles. The number of primary amides is 1. The number of carbonyl (C=O) groups is 2. The fraction of sp³-hybridized carbons (Fsp3) is 0.100. The summed E-state index contributed by atoms with van der Waals surface area (Å²) in [5, 5.41) is 2.94. The minimum atomic E-state index is -0.397. The van der Waals surface area contributed by atoms with Gasteiger partial charge in [0.25, 0.3) is 5.91 Å². The molecule has 1 aliphatic rings. The highest BCUT2D eigenvalue weighted by molar-refractivity contribution is 8.00. The van der Waals surface area contributed by atoms with E-state index in [1.807, 2.05) is 54.6 Å². The van der Waals surface area contributed by atoms with Gasteiger partial charge in [-0.25, -0.2) is 0 Å². The van der Waals surface area contributed by atoms with E-state index in [9.17, 15) is 9.59 Å². The molecular weight excluding hydrogens is 380 g/mol. The fourth-order valence-electron chi connectivity index (χ4n) is 2.84. The number of rotatable bonds is 5. The number of fused-ring (bicyclic) bond motifs is 3. The molecule has 5 nitrogen and oxygen atoms in total. The molecule has 2 aromatic carbocycles. The van der Waals surface area contributed by atoms with Crippen molar-refractivity contribution in [3.63, 3.8) is 0 Å². The number of thioether (sulfide) groups is 1. The molecule has 136 valence electrons. The van der Waals surface area contributed by atoms with Crippen molar-refractivity contribution in [3.05, 3.63) is 65.0 Å². The van der Waals surface area contributed by atoms with Crippen molar-refractivity contribution in [2.75, 3.05) is 11.1 Å². The van der Waals surface area contributed by atoms with Crippen molar-refractivity contribution >= 4 is 40.6 Å². The third kappa shape index (κ3) is 3.70. The summed E-state index contributed by atoms with van der Waals surface area (Å²) in [5.41, 5.74) is 7.91. The second-order valence-corrected chi connectivity index (χ2v) is 8.02. The number of benzene rings is 2. The van der Waals surface area contributed by atoms with E-state index in [1.165, 1.54) is 23.1 Å². The van der Waals surface area contributed by atoms with E-state index < -0.39 is 5.91 Å². The highest BCUT2D eigenvalue weighted by Gasteiger charge is 2.22. The van der Waals surface area contributed by atoms with Crippen molar-refractivity contribution in [2.24, 2.45) is 5.73 Å². The van der Waals surface area contributed by atoms with Crippen molar-refractivity contribution in [1.82, 2.24) is 0 Å². The number of carbonyl (C=O) groups excluding carboxylic acids is 2. The smallest absolute Gasteiger partial charge is 0.265 e. The fourth-order valence-corrected chi connectivity index (χ4v) is 4.68.